The molecule has 1 atom stereocenters. The van der Waals surface area contributed by atoms with E-state index in [1.807, 2.05) is 0 Å². The lowest BCUT2D eigenvalue weighted by Crippen LogP contribution is -2.32. The molecule has 0 aliphatic heterocycles. The third kappa shape index (κ3) is 5.58. The van der Waals surface area contributed by atoms with Crippen LogP contribution in [0.25, 0.3) is 5.69 Å². The third-order valence-electron chi connectivity index (χ3n) is 5.37. The largest absolute Gasteiger partial charge is 0.480 e. The van der Waals surface area contributed by atoms with E-state index in [1.165, 1.54) is 34.2 Å². The third-order valence-corrected chi connectivity index (χ3v) is 5.37. The molecule has 2 N–H and O–H groups in total. The minimum Gasteiger partial charge on any atom is -0.480 e. The number of aliphatic hydroxyl groups is 1. The summed E-state index contributed by atoms with van der Waals surface area (Å²) in [5.74, 6) is -2.95. The summed E-state index contributed by atoms with van der Waals surface area (Å²) in [6, 6.07) is 2.95. The first kappa shape index (κ1) is 27.6. The zero-order valence-corrected chi connectivity index (χ0v) is 20.8. The van der Waals surface area contributed by atoms with Gasteiger partial charge < -0.3 is 19.9 Å². The van der Waals surface area contributed by atoms with Gasteiger partial charge in [0.25, 0.3) is 5.91 Å². The van der Waals surface area contributed by atoms with Crippen molar-refractivity contribution in [1.29, 1.82) is 0 Å². The summed E-state index contributed by atoms with van der Waals surface area (Å²) in [6.45, 7) is 5.02. The molecule has 3 rings (SSSR count). The predicted molar refractivity (Wildman–Crippen MR) is 124 cm³/mol. The molecule has 0 unspecified atom stereocenters. The Hall–Kier alpha value is -3.94. The monoisotopic (exact) mass is 527 g/mol. The van der Waals surface area contributed by atoms with Crippen molar-refractivity contribution in [2.24, 2.45) is 7.05 Å². The summed E-state index contributed by atoms with van der Waals surface area (Å²) in [5.41, 5.74) is -3.03. The molecule has 0 saturated heterocycles. The zero-order valence-electron chi connectivity index (χ0n) is 20.8. The molecule has 0 radical (unpaired) electrons. The van der Waals surface area contributed by atoms with Crippen molar-refractivity contribution in [1.82, 2.24) is 19.3 Å². The lowest BCUT2D eigenvalue weighted by atomic mass is 10.1. The van der Waals surface area contributed by atoms with Gasteiger partial charge in [-0.05, 0) is 45.4 Å². The highest BCUT2D eigenvalue weighted by molar-refractivity contribution is 6.07. The Morgan fingerprint density at radius 3 is 2.43 bits per heavy atom. The van der Waals surface area contributed by atoms with Crippen molar-refractivity contribution >= 4 is 11.6 Å². The van der Waals surface area contributed by atoms with Gasteiger partial charge in [-0.1, -0.05) is 0 Å². The number of hydrogen-bond donors (Lipinski definition) is 2. The van der Waals surface area contributed by atoms with Crippen LogP contribution in [0.4, 0.5) is 23.2 Å². The molecule has 3 aromatic rings. The van der Waals surface area contributed by atoms with Gasteiger partial charge in [-0.15, -0.1) is 5.10 Å². The fourth-order valence-corrected chi connectivity index (χ4v) is 3.39. The summed E-state index contributed by atoms with van der Waals surface area (Å²) in [7, 11) is 2.59. The van der Waals surface area contributed by atoms with Crippen molar-refractivity contribution in [2.45, 2.75) is 45.6 Å². The number of hydrogen-bond acceptors (Lipinski definition) is 7. The Kier molecular flexibility index (Phi) is 7.35. The van der Waals surface area contributed by atoms with Crippen LogP contribution < -0.4 is 20.5 Å². The van der Waals surface area contributed by atoms with E-state index in [0.717, 1.165) is 10.6 Å². The molecule has 1 aromatic carbocycles. The second kappa shape index (κ2) is 9.84. The molecule has 0 fully saturated rings. The number of carbonyl (C=O) groups is 1. The Bertz CT molecular complexity index is 1390. The number of alkyl halides is 3. The van der Waals surface area contributed by atoms with Crippen molar-refractivity contribution in [3.05, 3.63) is 57.6 Å². The summed E-state index contributed by atoms with van der Waals surface area (Å²) in [4.78, 5) is 29.8. The van der Waals surface area contributed by atoms with Crippen LogP contribution >= 0.6 is 0 Å². The van der Waals surface area contributed by atoms with E-state index in [1.54, 1.807) is 13.0 Å². The second-order valence-electron chi connectivity index (χ2n) is 8.70. The van der Waals surface area contributed by atoms with Crippen LogP contribution in [-0.4, -0.2) is 49.7 Å². The summed E-state index contributed by atoms with van der Waals surface area (Å²) >= 11 is 0. The number of amides is 1. The number of rotatable bonds is 7. The van der Waals surface area contributed by atoms with Crippen LogP contribution in [0.15, 0.2) is 29.2 Å². The molecule has 0 spiro atoms. The molecule has 2 heterocycles. The number of benzene rings is 1. The van der Waals surface area contributed by atoms with Crippen LogP contribution in [0.3, 0.4) is 0 Å². The van der Waals surface area contributed by atoms with Crippen molar-refractivity contribution in [2.75, 3.05) is 12.4 Å². The number of carbonyl (C=O) groups excluding carboxylic acids is 1. The maximum absolute atomic E-state index is 15.3. The van der Waals surface area contributed by atoms with E-state index < -0.39 is 52.3 Å². The first-order valence-corrected chi connectivity index (χ1v) is 10.8. The fraction of sp³-hybridized carbons (Fsp3) is 0.391. The van der Waals surface area contributed by atoms with E-state index in [-0.39, 0.29) is 17.4 Å². The molecule has 14 heteroatoms. The van der Waals surface area contributed by atoms with Gasteiger partial charge in [0, 0.05) is 19.3 Å². The summed E-state index contributed by atoms with van der Waals surface area (Å²) in [5, 5.41) is 16.6. The zero-order chi connectivity index (χ0) is 27.9. The number of aryl methyl sites for hydroxylation is 1. The minimum absolute atomic E-state index is 0.0238. The molecule has 37 heavy (non-hydrogen) atoms. The van der Waals surface area contributed by atoms with Gasteiger partial charge in [-0.25, -0.2) is 14.2 Å². The standard InChI is InChI=1S/C23H25F4N5O5/c1-11-7-8-28-19(36-6)17(11)29-18(33)13-9-14(24)15(10-16(13)37-12(2)23(25,26)27)32-21(34)31(5)20(30-32)22(3,4)35/h7-10,12,35H,1-6H3,(H,29,33)/t12-/m0/s1. The SMILES string of the molecule is COc1nccc(C)c1NC(=O)c1cc(F)c(-n2nc(C(C)(C)O)n(C)c2=O)cc1O[C@@H](C)C(F)(F)F. The lowest BCUT2D eigenvalue weighted by Gasteiger charge is -2.21. The maximum atomic E-state index is 15.3. The Morgan fingerprint density at radius 2 is 1.89 bits per heavy atom. The highest BCUT2D eigenvalue weighted by Gasteiger charge is 2.39. The second-order valence-corrected chi connectivity index (χ2v) is 8.70. The highest BCUT2D eigenvalue weighted by atomic mass is 19.4. The molecular formula is C23H25F4N5O5. The molecule has 0 aliphatic rings. The molecule has 200 valence electrons. The van der Waals surface area contributed by atoms with Gasteiger partial charge >= 0.3 is 11.9 Å². The van der Waals surface area contributed by atoms with Gasteiger partial charge in [0.1, 0.15) is 28.5 Å². The molecule has 0 aliphatic carbocycles. The number of aromatic nitrogens is 4. The highest BCUT2D eigenvalue weighted by Crippen LogP contribution is 2.32. The number of nitrogens with zero attached hydrogens (tertiary/aromatic N) is 4. The van der Waals surface area contributed by atoms with Gasteiger partial charge in [-0.2, -0.15) is 17.9 Å². The molecule has 2 aromatic heterocycles. The molecular weight excluding hydrogens is 502 g/mol. The van der Waals surface area contributed by atoms with Gasteiger partial charge in [-0.3, -0.25) is 9.36 Å². The molecule has 0 bridgehead atoms. The number of ether oxygens (including phenoxy) is 2. The first-order chi connectivity index (χ1) is 17.1. The normalized spacial score (nSPS) is 12.8. The molecule has 0 saturated carbocycles. The van der Waals surface area contributed by atoms with E-state index in [9.17, 15) is 27.9 Å². The lowest BCUT2D eigenvalue weighted by molar-refractivity contribution is -0.189. The average molecular weight is 527 g/mol. The van der Waals surface area contributed by atoms with Crippen molar-refractivity contribution in [3.63, 3.8) is 0 Å². The Morgan fingerprint density at radius 1 is 1.24 bits per heavy atom. The molecule has 1 amide bonds. The summed E-state index contributed by atoms with van der Waals surface area (Å²) in [6.07, 6.45) is -5.79. The van der Waals surface area contributed by atoms with Gasteiger partial charge in [0.15, 0.2) is 11.9 Å². The van der Waals surface area contributed by atoms with Crippen molar-refractivity contribution < 1.29 is 36.9 Å². The van der Waals surface area contributed by atoms with Crippen LogP contribution in [0.5, 0.6) is 11.6 Å². The topological polar surface area (TPSA) is 120 Å². The minimum atomic E-state index is -4.82. The summed E-state index contributed by atoms with van der Waals surface area (Å²) < 4.78 is 66.8. The number of pyridine rings is 1. The van der Waals surface area contributed by atoms with Crippen LogP contribution in [0, 0.1) is 12.7 Å². The maximum Gasteiger partial charge on any atom is 0.425 e. The first-order valence-electron chi connectivity index (χ1n) is 10.8. The predicted octanol–water partition coefficient (Wildman–Crippen LogP) is 3.23. The fourth-order valence-electron chi connectivity index (χ4n) is 3.39. The average Bonchev–Trinajstić information content (AvgIpc) is 3.09. The number of methoxy groups -OCH3 is 1. The van der Waals surface area contributed by atoms with Crippen LogP contribution in [-0.2, 0) is 12.6 Å². The Balaban J connectivity index is 2.18. The van der Waals surface area contributed by atoms with E-state index in [0.29, 0.717) is 23.2 Å². The van der Waals surface area contributed by atoms with E-state index in [4.69, 9.17) is 9.47 Å². The smallest absolute Gasteiger partial charge is 0.425 e. The van der Waals surface area contributed by atoms with E-state index in [2.05, 4.69) is 15.4 Å². The van der Waals surface area contributed by atoms with Gasteiger partial charge in [0.2, 0.25) is 5.88 Å². The van der Waals surface area contributed by atoms with E-state index >= 15 is 4.39 Å². The quantitative estimate of drug-likeness (QED) is 0.453. The molecule has 10 nitrogen and oxygen atoms in total. The van der Waals surface area contributed by atoms with Crippen LogP contribution in [0.1, 0.15) is 42.5 Å². The van der Waals surface area contributed by atoms with Gasteiger partial charge in [0.05, 0.1) is 12.7 Å². The van der Waals surface area contributed by atoms with Crippen molar-refractivity contribution in [3.8, 4) is 17.3 Å². The Labute approximate surface area is 208 Å². The number of halogens is 4. The number of nitrogens with one attached hydrogen (secondary N) is 1. The number of anilines is 1. The van der Waals surface area contributed by atoms with Crippen LogP contribution in [0.2, 0.25) is 0 Å².